The van der Waals surface area contributed by atoms with Gasteiger partial charge in [0.05, 0.1) is 5.56 Å². The van der Waals surface area contributed by atoms with E-state index in [1.165, 1.54) is 0 Å². The second-order valence-electron chi connectivity index (χ2n) is 6.43. The zero-order chi connectivity index (χ0) is 19.6. The fourth-order valence-corrected chi connectivity index (χ4v) is 2.50. The first-order valence-corrected chi connectivity index (χ1v) is 9.55. The van der Waals surface area contributed by atoms with E-state index < -0.39 is 0 Å². The Morgan fingerprint density at radius 1 is 1.11 bits per heavy atom. The maximum atomic E-state index is 12.4. The smallest absolute Gasteiger partial charge is 0.273 e. The van der Waals surface area contributed by atoms with Crippen LogP contribution in [0.5, 0.6) is 5.75 Å². The molecule has 0 aliphatic rings. The van der Waals surface area contributed by atoms with Crippen molar-refractivity contribution in [2.24, 2.45) is 5.92 Å². The number of para-hydroxylation sites is 1. The number of halogens is 1. The van der Waals surface area contributed by atoms with E-state index >= 15 is 0 Å². The molecule has 0 bridgehead atoms. The van der Waals surface area contributed by atoms with Gasteiger partial charge in [0, 0.05) is 11.6 Å². The van der Waals surface area contributed by atoms with E-state index in [1.807, 2.05) is 18.2 Å². The third kappa shape index (κ3) is 7.45. The highest BCUT2D eigenvalue weighted by Crippen LogP contribution is 2.19. The molecule has 2 rings (SSSR count). The van der Waals surface area contributed by atoms with Crippen LogP contribution in [0.25, 0.3) is 0 Å². The van der Waals surface area contributed by atoms with Crippen molar-refractivity contribution in [1.29, 1.82) is 0 Å². The summed E-state index contributed by atoms with van der Waals surface area (Å²) in [5, 5.41) is 4.10. The minimum Gasteiger partial charge on any atom is -0.488 e. The molecule has 1 amide bonds. The predicted octanol–water partition coefficient (Wildman–Crippen LogP) is 4.07. The highest BCUT2D eigenvalue weighted by Gasteiger charge is 2.12. The Hall–Kier alpha value is -2.31. The van der Waals surface area contributed by atoms with E-state index in [2.05, 4.69) is 30.0 Å². The topological polar surface area (TPSA) is 62.4 Å². The Kier molecular flexibility index (Phi) is 8.36. The molecule has 0 saturated heterocycles. The first-order chi connectivity index (χ1) is 13.0. The standard InChI is InChI=1S/C20H24ClN3O2S/c1-14(2)11-12-22-20(27)24-23-19(25)17-5-3-4-6-18(17)26-13-15-7-9-16(21)10-8-15/h3-10,14H,11-13H2,1-2H3,(H,23,25)(H2,22,24,27). The van der Waals surface area contributed by atoms with Crippen LogP contribution in [0.15, 0.2) is 48.5 Å². The van der Waals surface area contributed by atoms with E-state index in [-0.39, 0.29) is 5.91 Å². The van der Waals surface area contributed by atoms with E-state index in [4.69, 9.17) is 28.6 Å². The maximum absolute atomic E-state index is 12.4. The van der Waals surface area contributed by atoms with Gasteiger partial charge >= 0.3 is 0 Å². The minimum atomic E-state index is -0.324. The molecule has 0 spiro atoms. The summed E-state index contributed by atoms with van der Waals surface area (Å²) in [7, 11) is 0. The number of nitrogens with one attached hydrogen (secondary N) is 3. The van der Waals surface area contributed by atoms with Crippen LogP contribution >= 0.6 is 23.8 Å². The molecule has 2 aromatic rings. The van der Waals surface area contributed by atoms with Crippen LogP contribution in [0.2, 0.25) is 5.02 Å². The number of benzene rings is 2. The van der Waals surface area contributed by atoms with Crippen LogP contribution in [0.3, 0.4) is 0 Å². The maximum Gasteiger partial charge on any atom is 0.273 e. The van der Waals surface area contributed by atoms with Gasteiger partial charge in [0.25, 0.3) is 5.91 Å². The first kappa shape index (κ1) is 21.0. The number of hydrogen-bond donors (Lipinski definition) is 3. The zero-order valence-electron chi connectivity index (χ0n) is 15.4. The summed E-state index contributed by atoms with van der Waals surface area (Å²) >= 11 is 11.0. The summed E-state index contributed by atoms with van der Waals surface area (Å²) in [6, 6.07) is 14.4. The van der Waals surface area contributed by atoms with Crippen molar-refractivity contribution in [2.75, 3.05) is 6.54 Å². The van der Waals surface area contributed by atoms with Gasteiger partial charge in [-0.15, -0.1) is 0 Å². The summed E-state index contributed by atoms with van der Waals surface area (Å²) in [6.45, 7) is 5.37. The lowest BCUT2D eigenvalue weighted by Gasteiger charge is -2.14. The average Bonchev–Trinajstić information content (AvgIpc) is 2.65. The minimum absolute atomic E-state index is 0.324. The van der Waals surface area contributed by atoms with E-state index in [0.717, 1.165) is 18.5 Å². The summed E-state index contributed by atoms with van der Waals surface area (Å²) in [5.41, 5.74) is 6.69. The van der Waals surface area contributed by atoms with Crippen LogP contribution in [0.1, 0.15) is 36.2 Å². The molecular weight excluding hydrogens is 382 g/mol. The fraction of sp³-hybridized carbons (Fsp3) is 0.300. The number of rotatable bonds is 7. The van der Waals surface area contributed by atoms with Crippen molar-refractivity contribution < 1.29 is 9.53 Å². The number of hydrogen-bond acceptors (Lipinski definition) is 3. The second-order valence-corrected chi connectivity index (χ2v) is 7.27. The van der Waals surface area contributed by atoms with E-state index in [9.17, 15) is 4.79 Å². The monoisotopic (exact) mass is 405 g/mol. The van der Waals surface area contributed by atoms with Crippen molar-refractivity contribution in [3.8, 4) is 5.75 Å². The van der Waals surface area contributed by atoms with Gasteiger partial charge in [-0.3, -0.25) is 15.6 Å². The third-order valence-corrected chi connectivity index (χ3v) is 4.23. The molecule has 7 heteroatoms. The molecule has 0 saturated carbocycles. The van der Waals surface area contributed by atoms with Gasteiger partial charge in [0.15, 0.2) is 5.11 Å². The molecule has 0 fully saturated rings. The molecule has 144 valence electrons. The van der Waals surface area contributed by atoms with Gasteiger partial charge in [-0.05, 0) is 54.4 Å². The number of hydrazine groups is 1. The quantitative estimate of drug-likeness (QED) is 0.478. The van der Waals surface area contributed by atoms with Crippen molar-refractivity contribution in [3.63, 3.8) is 0 Å². The Balaban J connectivity index is 1.88. The largest absolute Gasteiger partial charge is 0.488 e. The normalized spacial score (nSPS) is 10.4. The van der Waals surface area contributed by atoms with Gasteiger partial charge in [-0.1, -0.05) is 49.7 Å². The van der Waals surface area contributed by atoms with Crippen LogP contribution in [0.4, 0.5) is 0 Å². The van der Waals surface area contributed by atoms with Crippen molar-refractivity contribution in [1.82, 2.24) is 16.2 Å². The highest BCUT2D eigenvalue weighted by molar-refractivity contribution is 7.80. The van der Waals surface area contributed by atoms with Crippen LogP contribution in [0, 0.1) is 5.92 Å². The van der Waals surface area contributed by atoms with Gasteiger partial charge in [0.1, 0.15) is 12.4 Å². The summed E-state index contributed by atoms with van der Waals surface area (Å²) in [5.74, 6) is 0.750. The molecule has 0 radical (unpaired) electrons. The lowest BCUT2D eigenvalue weighted by molar-refractivity contribution is 0.0939. The second kappa shape index (κ2) is 10.7. The number of carbonyl (C=O) groups is 1. The molecule has 0 aromatic heterocycles. The van der Waals surface area contributed by atoms with Gasteiger partial charge in [0.2, 0.25) is 0 Å². The summed E-state index contributed by atoms with van der Waals surface area (Å²) in [4.78, 5) is 12.4. The Bertz CT molecular complexity index is 766. The van der Waals surface area contributed by atoms with Gasteiger partial charge < -0.3 is 10.1 Å². The summed E-state index contributed by atoms with van der Waals surface area (Å²) in [6.07, 6.45) is 0.997. The zero-order valence-corrected chi connectivity index (χ0v) is 17.0. The molecule has 0 aliphatic heterocycles. The number of carbonyl (C=O) groups excluding carboxylic acids is 1. The lowest BCUT2D eigenvalue weighted by atomic mass is 10.1. The van der Waals surface area contributed by atoms with Gasteiger partial charge in [-0.25, -0.2) is 0 Å². The molecule has 0 aliphatic carbocycles. The first-order valence-electron chi connectivity index (χ1n) is 8.76. The van der Waals surface area contributed by atoms with Crippen molar-refractivity contribution >= 4 is 34.8 Å². The molecule has 2 aromatic carbocycles. The predicted molar refractivity (Wildman–Crippen MR) is 113 cm³/mol. The summed E-state index contributed by atoms with van der Waals surface area (Å²) < 4.78 is 5.80. The Morgan fingerprint density at radius 3 is 2.52 bits per heavy atom. The average molecular weight is 406 g/mol. The molecule has 27 heavy (non-hydrogen) atoms. The molecule has 0 atom stereocenters. The number of amides is 1. The lowest BCUT2D eigenvalue weighted by Crippen LogP contribution is -2.47. The molecule has 0 unspecified atom stereocenters. The fourth-order valence-electron chi connectivity index (χ4n) is 2.22. The highest BCUT2D eigenvalue weighted by atomic mass is 35.5. The van der Waals surface area contributed by atoms with Crippen molar-refractivity contribution in [2.45, 2.75) is 26.9 Å². The van der Waals surface area contributed by atoms with E-state index in [0.29, 0.717) is 34.0 Å². The number of thiocarbonyl (C=S) groups is 1. The SMILES string of the molecule is CC(C)CCNC(=S)NNC(=O)c1ccccc1OCc1ccc(Cl)cc1. The van der Waals surface area contributed by atoms with Crippen LogP contribution in [-0.2, 0) is 6.61 Å². The van der Waals surface area contributed by atoms with E-state index in [1.54, 1.807) is 30.3 Å². The van der Waals surface area contributed by atoms with Crippen LogP contribution in [-0.4, -0.2) is 17.6 Å². The molecular formula is C20H24ClN3O2S. The Labute approximate surface area is 170 Å². The van der Waals surface area contributed by atoms with Crippen LogP contribution < -0.4 is 20.9 Å². The molecule has 5 nitrogen and oxygen atoms in total. The number of ether oxygens (including phenoxy) is 1. The third-order valence-electron chi connectivity index (χ3n) is 3.74. The van der Waals surface area contributed by atoms with Gasteiger partial charge in [-0.2, -0.15) is 0 Å². The molecule has 3 N–H and O–H groups in total. The van der Waals surface area contributed by atoms with Crippen molar-refractivity contribution in [3.05, 3.63) is 64.7 Å². The molecule has 0 heterocycles. The Morgan fingerprint density at radius 2 is 1.81 bits per heavy atom.